The highest BCUT2D eigenvalue weighted by molar-refractivity contribution is 5.69. The van der Waals surface area contributed by atoms with Crippen LogP contribution >= 0.6 is 0 Å². The van der Waals surface area contributed by atoms with Crippen molar-refractivity contribution in [3.05, 3.63) is 35.9 Å². The molecular formula is C44H58O24. The van der Waals surface area contributed by atoms with Crippen molar-refractivity contribution in [1.29, 1.82) is 0 Å². The van der Waals surface area contributed by atoms with Crippen molar-refractivity contribution in [1.82, 2.24) is 0 Å². The largest absolute Gasteiger partial charge is 0.463 e. The molecule has 0 aromatic heterocycles. The molecule has 1 aromatic rings. The molecule has 0 unspecified atom stereocenters. The lowest BCUT2D eigenvalue weighted by atomic mass is 9.96. The molecule has 4 fully saturated rings. The molecule has 0 saturated carbocycles. The summed E-state index contributed by atoms with van der Waals surface area (Å²) in [5, 5.41) is 0. The number of carbonyl (C=O) groups excluding carboxylic acids is 8. The predicted octanol–water partition coefficient (Wildman–Crippen LogP) is 1.02. The quantitative estimate of drug-likeness (QED) is 0.147. The maximum absolute atomic E-state index is 12.8. The average molecular weight is 971 g/mol. The molecule has 4 saturated heterocycles. The highest BCUT2D eigenvalue weighted by atomic mass is 16.8. The van der Waals surface area contributed by atoms with Crippen LogP contribution in [0.15, 0.2) is 30.3 Å². The first kappa shape index (κ1) is 53.6. The molecule has 0 bridgehead atoms. The summed E-state index contributed by atoms with van der Waals surface area (Å²) in [6.45, 7) is 10.2. The lowest BCUT2D eigenvalue weighted by molar-refractivity contribution is -0.361. The van der Waals surface area contributed by atoms with Crippen LogP contribution in [0.25, 0.3) is 0 Å². The van der Waals surface area contributed by atoms with Crippen LogP contribution < -0.4 is 0 Å². The molecule has 5 rings (SSSR count). The summed E-state index contributed by atoms with van der Waals surface area (Å²) in [6.07, 6.45) is -22.0. The maximum atomic E-state index is 12.8. The van der Waals surface area contributed by atoms with Crippen LogP contribution in [0, 0.1) is 0 Å². The van der Waals surface area contributed by atoms with Crippen LogP contribution in [0.5, 0.6) is 0 Å². The highest BCUT2D eigenvalue weighted by Crippen LogP contribution is 2.42. The third-order valence-electron chi connectivity index (χ3n) is 10.3. The number of hydrogen-bond acceptors (Lipinski definition) is 24. The predicted molar refractivity (Wildman–Crippen MR) is 218 cm³/mol. The Labute approximate surface area is 390 Å². The monoisotopic (exact) mass is 970 g/mol. The van der Waals surface area contributed by atoms with Crippen molar-refractivity contribution < 1.29 is 114 Å². The number of carbonyl (C=O) groups is 8. The fourth-order valence-electron chi connectivity index (χ4n) is 7.97. The zero-order chi connectivity index (χ0) is 50.0. The molecule has 15 atom stereocenters. The van der Waals surface area contributed by atoms with Gasteiger partial charge in [-0.05, 0) is 19.4 Å². The summed E-state index contributed by atoms with van der Waals surface area (Å²) >= 11 is 0. The number of fused-ring (bicyclic) bond motifs is 1. The van der Waals surface area contributed by atoms with Crippen molar-refractivity contribution in [2.24, 2.45) is 0 Å². The maximum Gasteiger partial charge on any atom is 0.303 e. The molecule has 4 aliphatic heterocycles. The van der Waals surface area contributed by atoms with E-state index in [2.05, 4.69) is 0 Å². The molecule has 4 heterocycles. The third-order valence-corrected chi connectivity index (χ3v) is 10.3. The van der Waals surface area contributed by atoms with Gasteiger partial charge in [0, 0.05) is 55.4 Å². The van der Waals surface area contributed by atoms with E-state index in [0.29, 0.717) is 5.56 Å². The van der Waals surface area contributed by atoms with E-state index in [1.165, 1.54) is 0 Å². The first-order chi connectivity index (χ1) is 32.0. The third kappa shape index (κ3) is 14.8. The van der Waals surface area contributed by atoms with E-state index in [1.807, 2.05) is 0 Å². The van der Waals surface area contributed by atoms with Crippen molar-refractivity contribution >= 4 is 47.8 Å². The van der Waals surface area contributed by atoms with Gasteiger partial charge in [0.05, 0.1) is 13.2 Å². The Morgan fingerprint density at radius 1 is 0.441 bits per heavy atom. The summed E-state index contributed by atoms with van der Waals surface area (Å²) in [4.78, 5) is 99.7. The molecule has 24 heteroatoms. The van der Waals surface area contributed by atoms with E-state index < -0.39 is 165 Å². The van der Waals surface area contributed by atoms with Crippen LogP contribution in [0.4, 0.5) is 0 Å². The van der Waals surface area contributed by atoms with Gasteiger partial charge in [0.25, 0.3) is 0 Å². The second kappa shape index (κ2) is 23.8. The first-order valence-corrected chi connectivity index (χ1v) is 21.6. The molecule has 0 amide bonds. The van der Waals surface area contributed by atoms with Gasteiger partial charge in [-0.25, -0.2) is 0 Å². The molecule has 0 N–H and O–H groups in total. The first-order valence-electron chi connectivity index (χ1n) is 21.6. The minimum absolute atomic E-state index is 0.0699. The SMILES string of the molecule is CC(=O)OC[C@H]1O[C@@H](OC[C@H]2O[C@@H](O[C@H]3[C@H](OC(C)=O)[C@@H](OC(C)=O)[C@H](OCc4ccccc4)O[C@@H]3COC(C)=O)[C@H](OC(C)=O)[C@H]3OC(C)(C)O[C@H]32)[C@H](OC(C)=O)[C@@H](OC(C)=O)[C@H]1OC(C)=O. The van der Waals surface area contributed by atoms with Crippen LogP contribution in [-0.4, -0.2) is 165 Å². The van der Waals surface area contributed by atoms with Gasteiger partial charge in [-0.2, -0.15) is 0 Å². The minimum Gasteiger partial charge on any atom is -0.463 e. The zero-order valence-electron chi connectivity index (χ0n) is 39.2. The summed E-state index contributed by atoms with van der Waals surface area (Å²) in [6, 6.07) is 8.88. The van der Waals surface area contributed by atoms with Gasteiger partial charge in [0.15, 0.2) is 61.3 Å². The number of hydrogen-bond donors (Lipinski definition) is 0. The normalized spacial score (nSPS) is 32.8. The van der Waals surface area contributed by atoms with Gasteiger partial charge in [0.2, 0.25) is 0 Å². The Hall–Kier alpha value is -5.34. The van der Waals surface area contributed by atoms with Crippen LogP contribution in [0.1, 0.15) is 74.8 Å². The van der Waals surface area contributed by atoms with Crippen molar-refractivity contribution in [2.75, 3.05) is 19.8 Å². The molecule has 24 nitrogen and oxygen atoms in total. The van der Waals surface area contributed by atoms with E-state index in [4.69, 9.17) is 75.8 Å². The van der Waals surface area contributed by atoms with Crippen molar-refractivity contribution in [3.63, 3.8) is 0 Å². The minimum atomic E-state index is -1.71. The van der Waals surface area contributed by atoms with Crippen LogP contribution in [0.2, 0.25) is 0 Å². The van der Waals surface area contributed by atoms with Gasteiger partial charge in [0.1, 0.15) is 49.8 Å². The molecule has 0 radical (unpaired) electrons. The second-order valence-corrected chi connectivity index (χ2v) is 16.5. The Morgan fingerprint density at radius 2 is 0.853 bits per heavy atom. The van der Waals surface area contributed by atoms with Gasteiger partial charge in [-0.3, -0.25) is 38.4 Å². The number of esters is 8. The summed E-state index contributed by atoms with van der Waals surface area (Å²) in [5.74, 6) is -7.93. The van der Waals surface area contributed by atoms with E-state index in [1.54, 1.807) is 44.2 Å². The number of benzene rings is 1. The average Bonchev–Trinajstić information content (AvgIpc) is 3.56. The van der Waals surface area contributed by atoms with E-state index >= 15 is 0 Å². The van der Waals surface area contributed by atoms with Gasteiger partial charge in [-0.1, -0.05) is 30.3 Å². The lowest BCUT2D eigenvalue weighted by Gasteiger charge is -2.48. The zero-order valence-corrected chi connectivity index (χ0v) is 39.2. The Bertz CT molecular complexity index is 1960. The van der Waals surface area contributed by atoms with Crippen LogP contribution in [0.3, 0.4) is 0 Å². The summed E-state index contributed by atoms with van der Waals surface area (Å²) in [5.41, 5.74) is 0.699. The van der Waals surface area contributed by atoms with E-state index in [0.717, 1.165) is 55.4 Å². The van der Waals surface area contributed by atoms with Crippen LogP contribution in [-0.2, 0) is 121 Å². The fraction of sp³-hybridized carbons (Fsp3) is 0.682. The molecule has 1 aromatic carbocycles. The molecule has 378 valence electrons. The van der Waals surface area contributed by atoms with Gasteiger partial charge >= 0.3 is 47.8 Å². The van der Waals surface area contributed by atoms with E-state index in [-0.39, 0.29) is 6.61 Å². The molecular weight excluding hydrogens is 912 g/mol. The number of ether oxygens (including phenoxy) is 16. The molecule has 0 aliphatic carbocycles. The second-order valence-electron chi connectivity index (χ2n) is 16.5. The smallest absolute Gasteiger partial charge is 0.303 e. The molecule has 0 spiro atoms. The van der Waals surface area contributed by atoms with E-state index in [9.17, 15) is 38.4 Å². The highest BCUT2D eigenvalue weighted by Gasteiger charge is 2.61. The Kier molecular flexibility index (Phi) is 18.8. The molecule has 68 heavy (non-hydrogen) atoms. The molecule has 4 aliphatic rings. The lowest BCUT2D eigenvalue weighted by Crippen LogP contribution is -2.66. The standard InChI is InChI=1S/C44H58O24/c1-20(45)53-17-29-32(57-22(3)47)35(58-23(4)48)38(60-25(6)50)42(63-29)56-19-31-34-37(68-44(9,10)67-34)40(62-27(8)52)43(65-31)66-33-30(18-54-21(2)46)64-41(55-16-28-14-12-11-13-15-28)39(61-26(7)51)36(33)59-24(5)49/h11-15,29-43H,16-19H2,1-10H3/t29-,30-,31-,32+,33-,34+,35+,36+,37+,38-,39-,40-,41-,42-,43+/m1/s1. The Balaban J connectivity index is 1.54. The van der Waals surface area contributed by atoms with Gasteiger partial charge in [-0.15, -0.1) is 0 Å². The number of rotatable bonds is 18. The summed E-state index contributed by atoms with van der Waals surface area (Å²) < 4.78 is 94.7. The van der Waals surface area contributed by atoms with Crippen molar-refractivity contribution in [3.8, 4) is 0 Å². The van der Waals surface area contributed by atoms with Crippen molar-refractivity contribution in [2.45, 2.75) is 174 Å². The summed E-state index contributed by atoms with van der Waals surface area (Å²) in [7, 11) is 0. The fourth-order valence-corrected chi connectivity index (χ4v) is 7.97. The van der Waals surface area contributed by atoms with Gasteiger partial charge < -0.3 is 75.8 Å². The topological polar surface area (TPSA) is 284 Å². The Morgan fingerprint density at radius 3 is 1.35 bits per heavy atom.